The molecule has 1 aromatic carbocycles. The van der Waals surface area contributed by atoms with Gasteiger partial charge in [0.15, 0.2) is 0 Å². The Morgan fingerprint density at radius 3 is 2.60 bits per heavy atom. The van der Waals surface area contributed by atoms with Crippen molar-refractivity contribution < 1.29 is 9.59 Å². The molecule has 2 aromatic rings. The highest BCUT2D eigenvalue weighted by Crippen LogP contribution is 1.97. The van der Waals surface area contributed by atoms with Crippen LogP contribution in [0.25, 0.3) is 0 Å². The van der Waals surface area contributed by atoms with E-state index in [-0.39, 0.29) is 18.4 Å². The molecule has 20 heavy (non-hydrogen) atoms. The predicted molar refractivity (Wildman–Crippen MR) is 73.8 cm³/mol. The van der Waals surface area contributed by atoms with Gasteiger partial charge in [-0.3, -0.25) is 14.3 Å². The van der Waals surface area contributed by atoms with Crippen LogP contribution in [0.15, 0.2) is 42.7 Å². The van der Waals surface area contributed by atoms with Gasteiger partial charge in [-0.25, -0.2) is 0 Å². The molecular formula is C14H16N4O2. The first kappa shape index (κ1) is 13.8. The second-order valence-corrected chi connectivity index (χ2v) is 4.35. The molecule has 0 fully saturated rings. The van der Waals surface area contributed by atoms with Crippen LogP contribution in [-0.4, -0.2) is 28.1 Å². The second kappa shape index (κ2) is 6.51. The van der Waals surface area contributed by atoms with E-state index in [1.807, 2.05) is 19.3 Å². The molecule has 2 N–H and O–H groups in total. The van der Waals surface area contributed by atoms with E-state index >= 15 is 0 Å². The predicted octanol–water partition coefficient (Wildman–Crippen LogP) is 0.466. The number of aryl methyl sites for hydroxylation is 1. The Balaban J connectivity index is 1.74. The average Bonchev–Trinajstić information content (AvgIpc) is 2.89. The summed E-state index contributed by atoms with van der Waals surface area (Å²) in [5, 5.41) is 9.28. The van der Waals surface area contributed by atoms with Crippen molar-refractivity contribution in [2.45, 2.75) is 6.54 Å². The molecule has 2 amide bonds. The molecule has 0 radical (unpaired) electrons. The number of benzene rings is 1. The molecule has 0 aliphatic rings. The minimum Gasteiger partial charge on any atom is -0.350 e. The third-order valence-corrected chi connectivity index (χ3v) is 2.69. The van der Waals surface area contributed by atoms with Gasteiger partial charge in [-0.15, -0.1) is 0 Å². The number of rotatable bonds is 5. The van der Waals surface area contributed by atoms with E-state index in [2.05, 4.69) is 15.7 Å². The molecule has 0 atom stereocenters. The Bertz CT molecular complexity index is 592. The third-order valence-electron chi connectivity index (χ3n) is 2.69. The number of amides is 2. The average molecular weight is 272 g/mol. The summed E-state index contributed by atoms with van der Waals surface area (Å²) in [7, 11) is 1.81. The molecular weight excluding hydrogens is 256 g/mol. The summed E-state index contributed by atoms with van der Waals surface area (Å²) in [6.45, 7) is 0.349. The Morgan fingerprint density at radius 2 is 1.95 bits per heavy atom. The van der Waals surface area contributed by atoms with Crippen molar-refractivity contribution in [3.8, 4) is 0 Å². The molecule has 0 unspecified atom stereocenters. The summed E-state index contributed by atoms with van der Waals surface area (Å²) in [5.74, 6) is -0.500. The molecule has 0 saturated carbocycles. The number of aromatic nitrogens is 2. The zero-order chi connectivity index (χ0) is 14.4. The standard InChI is InChI=1S/C14H16N4O2/c1-18-10-11(8-17-18)7-15-13(19)9-16-14(20)12-5-3-2-4-6-12/h2-6,8,10H,7,9H2,1H3,(H,15,19)(H,16,20). The van der Waals surface area contributed by atoms with Crippen LogP contribution < -0.4 is 10.6 Å². The lowest BCUT2D eigenvalue weighted by Crippen LogP contribution is -2.36. The maximum absolute atomic E-state index is 11.7. The lowest BCUT2D eigenvalue weighted by atomic mass is 10.2. The smallest absolute Gasteiger partial charge is 0.251 e. The van der Waals surface area contributed by atoms with Gasteiger partial charge in [-0.2, -0.15) is 5.10 Å². The largest absolute Gasteiger partial charge is 0.350 e. The molecule has 104 valence electrons. The third kappa shape index (κ3) is 3.94. The van der Waals surface area contributed by atoms with Gasteiger partial charge in [0.2, 0.25) is 5.91 Å². The Morgan fingerprint density at radius 1 is 1.20 bits per heavy atom. The highest BCUT2D eigenvalue weighted by atomic mass is 16.2. The summed E-state index contributed by atoms with van der Waals surface area (Å²) >= 11 is 0. The number of nitrogens with zero attached hydrogens (tertiary/aromatic N) is 2. The van der Waals surface area contributed by atoms with Crippen molar-refractivity contribution in [2.75, 3.05) is 6.54 Å². The van der Waals surface area contributed by atoms with Crippen LogP contribution in [-0.2, 0) is 18.4 Å². The molecule has 6 nitrogen and oxygen atoms in total. The summed E-state index contributed by atoms with van der Waals surface area (Å²) in [5.41, 5.74) is 1.45. The molecule has 0 saturated heterocycles. The summed E-state index contributed by atoms with van der Waals surface area (Å²) < 4.78 is 1.67. The Kier molecular flexibility index (Phi) is 4.49. The van der Waals surface area contributed by atoms with Crippen LogP contribution in [0.3, 0.4) is 0 Å². The van der Waals surface area contributed by atoms with Gasteiger partial charge in [-0.1, -0.05) is 18.2 Å². The number of carbonyl (C=O) groups excluding carboxylic acids is 2. The van der Waals surface area contributed by atoms with Crippen molar-refractivity contribution in [3.63, 3.8) is 0 Å². The molecule has 6 heteroatoms. The topological polar surface area (TPSA) is 76.0 Å². The van der Waals surface area contributed by atoms with Crippen LogP contribution in [0.5, 0.6) is 0 Å². The van der Waals surface area contributed by atoms with Crippen molar-refractivity contribution in [2.24, 2.45) is 7.05 Å². The molecule has 2 rings (SSSR count). The molecule has 0 spiro atoms. The van der Waals surface area contributed by atoms with Crippen LogP contribution in [0.2, 0.25) is 0 Å². The van der Waals surface area contributed by atoms with Gasteiger partial charge >= 0.3 is 0 Å². The van der Waals surface area contributed by atoms with Crippen molar-refractivity contribution in [1.82, 2.24) is 20.4 Å². The van der Waals surface area contributed by atoms with Gasteiger partial charge < -0.3 is 10.6 Å². The maximum Gasteiger partial charge on any atom is 0.251 e. The normalized spacial score (nSPS) is 10.1. The Labute approximate surface area is 116 Å². The molecule has 0 bridgehead atoms. The number of nitrogens with one attached hydrogen (secondary N) is 2. The Hall–Kier alpha value is -2.63. The molecule has 0 aliphatic carbocycles. The number of hydrogen-bond acceptors (Lipinski definition) is 3. The van der Waals surface area contributed by atoms with E-state index in [9.17, 15) is 9.59 Å². The minimum atomic E-state index is -0.262. The first-order valence-corrected chi connectivity index (χ1v) is 6.22. The van der Waals surface area contributed by atoms with Crippen LogP contribution in [0.1, 0.15) is 15.9 Å². The van der Waals surface area contributed by atoms with Gasteiger partial charge in [-0.05, 0) is 12.1 Å². The van der Waals surface area contributed by atoms with Crippen molar-refractivity contribution in [1.29, 1.82) is 0 Å². The van der Waals surface area contributed by atoms with E-state index < -0.39 is 0 Å². The number of hydrogen-bond donors (Lipinski definition) is 2. The van der Waals surface area contributed by atoms with Gasteiger partial charge in [0, 0.05) is 30.9 Å². The van der Waals surface area contributed by atoms with Crippen LogP contribution in [0.4, 0.5) is 0 Å². The fourth-order valence-corrected chi connectivity index (χ4v) is 1.68. The van der Waals surface area contributed by atoms with Crippen molar-refractivity contribution in [3.05, 3.63) is 53.9 Å². The van der Waals surface area contributed by atoms with Crippen LogP contribution in [0, 0.1) is 0 Å². The monoisotopic (exact) mass is 272 g/mol. The van der Waals surface area contributed by atoms with E-state index in [1.54, 1.807) is 35.1 Å². The van der Waals surface area contributed by atoms with E-state index in [0.717, 1.165) is 5.56 Å². The van der Waals surface area contributed by atoms with Crippen LogP contribution >= 0.6 is 0 Å². The summed E-state index contributed by atoms with van der Waals surface area (Å²) in [4.78, 5) is 23.3. The maximum atomic E-state index is 11.7. The molecule has 1 aromatic heterocycles. The van der Waals surface area contributed by atoms with Gasteiger partial charge in [0.1, 0.15) is 0 Å². The summed E-state index contributed by atoms with van der Waals surface area (Å²) in [6.07, 6.45) is 3.51. The zero-order valence-corrected chi connectivity index (χ0v) is 11.2. The van der Waals surface area contributed by atoms with E-state index in [4.69, 9.17) is 0 Å². The lowest BCUT2D eigenvalue weighted by Gasteiger charge is -2.06. The quantitative estimate of drug-likeness (QED) is 0.830. The first-order chi connectivity index (χ1) is 9.65. The molecule has 0 aliphatic heterocycles. The van der Waals surface area contributed by atoms with Gasteiger partial charge in [0.05, 0.1) is 12.7 Å². The summed E-state index contributed by atoms with van der Waals surface area (Å²) in [6, 6.07) is 8.78. The zero-order valence-electron chi connectivity index (χ0n) is 11.2. The number of carbonyl (C=O) groups is 2. The fourth-order valence-electron chi connectivity index (χ4n) is 1.68. The SMILES string of the molecule is Cn1cc(CNC(=O)CNC(=O)c2ccccc2)cn1. The highest BCUT2D eigenvalue weighted by molar-refractivity contribution is 5.96. The fraction of sp³-hybridized carbons (Fsp3) is 0.214. The minimum absolute atomic E-state index is 0.0476. The second-order valence-electron chi connectivity index (χ2n) is 4.35. The first-order valence-electron chi connectivity index (χ1n) is 6.22. The van der Waals surface area contributed by atoms with Crippen molar-refractivity contribution >= 4 is 11.8 Å². The van der Waals surface area contributed by atoms with E-state index in [1.165, 1.54) is 0 Å². The highest BCUT2D eigenvalue weighted by Gasteiger charge is 2.07. The molecule has 1 heterocycles. The van der Waals surface area contributed by atoms with E-state index in [0.29, 0.717) is 12.1 Å². The lowest BCUT2D eigenvalue weighted by molar-refractivity contribution is -0.120. The van der Waals surface area contributed by atoms with Gasteiger partial charge in [0.25, 0.3) is 5.91 Å².